The fraction of sp³-hybridized carbons (Fsp3) is 0.500. The fourth-order valence-corrected chi connectivity index (χ4v) is 1.73. The van der Waals surface area contributed by atoms with E-state index in [0.29, 0.717) is 13.2 Å². The van der Waals surface area contributed by atoms with E-state index in [0.717, 1.165) is 23.3 Å². The summed E-state index contributed by atoms with van der Waals surface area (Å²) in [6.45, 7) is 4.81. The van der Waals surface area contributed by atoms with Crippen LogP contribution in [0.15, 0.2) is 18.2 Å². The van der Waals surface area contributed by atoms with Crippen LogP contribution >= 0.6 is 0 Å². The molecule has 4 nitrogen and oxygen atoms in total. The zero-order valence-corrected chi connectivity index (χ0v) is 11.3. The maximum atomic E-state index is 11.2. The average Bonchev–Trinajstić information content (AvgIpc) is 2.38. The Morgan fingerprint density at radius 2 is 2.17 bits per heavy atom. The Labute approximate surface area is 108 Å². The highest BCUT2D eigenvalue weighted by atomic mass is 16.5. The molecular formula is C14H21NO3. The Balaban J connectivity index is 2.58. The predicted molar refractivity (Wildman–Crippen MR) is 70.8 cm³/mol. The summed E-state index contributed by atoms with van der Waals surface area (Å²) in [5.41, 5.74) is 2.26. The molecule has 0 unspecified atom stereocenters. The maximum absolute atomic E-state index is 11.2. The second kappa shape index (κ2) is 7.01. The number of hydrogen-bond acceptors (Lipinski definition) is 3. The molecule has 1 amide bonds. The van der Waals surface area contributed by atoms with Crippen LogP contribution in [-0.4, -0.2) is 42.7 Å². The van der Waals surface area contributed by atoms with Gasteiger partial charge in [-0.25, -0.2) is 0 Å². The lowest BCUT2D eigenvalue weighted by Crippen LogP contribution is -2.31. The molecule has 0 fully saturated rings. The van der Waals surface area contributed by atoms with Crippen LogP contribution in [0.4, 0.5) is 0 Å². The molecule has 0 atom stereocenters. The number of carbonyl (C=O) groups excluding carboxylic acids is 1. The summed E-state index contributed by atoms with van der Waals surface area (Å²) in [5.74, 6) is 0.652. The van der Waals surface area contributed by atoms with E-state index in [1.165, 1.54) is 4.90 Å². The van der Waals surface area contributed by atoms with E-state index in [9.17, 15) is 4.79 Å². The topological polar surface area (TPSA) is 49.8 Å². The summed E-state index contributed by atoms with van der Waals surface area (Å²) >= 11 is 0. The van der Waals surface area contributed by atoms with Crippen molar-refractivity contribution >= 4 is 5.91 Å². The summed E-state index contributed by atoms with van der Waals surface area (Å²) in [6.07, 6.45) is 0.773. The third kappa shape index (κ3) is 4.04. The smallest absolute Gasteiger partial charge is 0.248 e. The molecule has 0 aliphatic heterocycles. The number of ether oxygens (including phenoxy) is 1. The second-order valence-electron chi connectivity index (χ2n) is 4.26. The third-order valence-corrected chi connectivity index (χ3v) is 2.84. The SMILES string of the molecule is CCOc1ccc(CCN(C)C(=O)CO)cc1C. The van der Waals surface area contributed by atoms with Crippen LogP contribution in [0.1, 0.15) is 18.1 Å². The van der Waals surface area contributed by atoms with E-state index in [1.807, 2.05) is 26.0 Å². The molecule has 1 N–H and O–H groups in total. The molecule has 0 spiro atoms. The van der Waals surface area contributed by atoms with Crippen molar-refractivity contribution in [2.24, 2.45) is 0 Å². The number of aliphatic hydroxyl groups excluding tert-OH is 1. The summed E-state index contributed by atoms with van der Waals surface area (Å²) in [4.78, 5) is 12.7. The van der Waals surface area contributed by atoms with Gasteiger partial charge in [0.05, 0.1) is 6.61 Å². The van der Waals surface area contributed by atoms with Gasteiger partial charge in [0.1, 0.15) is 12.4 Å². The summed E-state index contributed by atoms with van der Waals surface area (Å²) in [5, 5.41) is 8.73. The average molecular weight is 251 g/mol. The molecule has 1 rings (SSSR count). The second-order valence-corrected chi connectivity index (χ2v) is 4.26. The number of rotatable bonds is 6. The molecule has 18 heavy (non-hydrogen) atoms. The van der Waals surface area contributed by atoms with Gasteiger partial charge in [-0.3, -0.25) is 4.79 Å². The largest absolute Gasteiger partial charge is 0.494 e. The zero-order chi connectivity index (χ0) is 13.5. The fourth-order valence-electron chi connectivity index (χ4n) is 1.73. The van der Waals surface area contributed by atoms with Crippen LogP contribution in [0.2, 0.25) is 0 Å². The van der Waals surface area contributed by atoms with Gasteiger partial charge in [-0.05, 0) is 37.5 Å². The Morgan fingerprint density at radius 3 is 2.72 bits per heavy atom. The molecule has 1 aromatic rings. The van der Waals surface area contributed by atoms with Gasteiger partial charge in [0.25, 0.3) is 0 Å². The standard InChI is InChI=1S/C14H21NO3/c1-4-18-13-6-5-12(9-11(13)2)7-8-15(3)14(17)10-16/h5-6,9,16H,4,7-8,10H2,1-3H3. The van der Waals surface area contributed by atoms with Gasteiger partial charge in [0.2, 0.25) is 5.91 Å². The van der Waals surface area contributed by atoms with E-state index in [2.05, 4.69) is 6.07 Å². The van der Waals surface area contributed by atoms with Gasteiger partial charge in [-0.1, -0.05) is 12.1 Å². The van der Waals surface area contributed by atoms with Gasteiger partial charge in [0, 0.05) is 13.6 Å². The monoisotopic (exact) mass is 251 g/mol. The molecule has 0 aliphatic rings. The molecule has 1 aromatic carbocycles. The predicted octanol–water partition coefficient (Wildman–Crippen LogP) is 1.39. The number of benzene rings is 1. The van der Waals surface area contributed by atoms with E-state index in [1.54, 1.807) is 7.05 Å². The molecule has 0 radical (unpaired) electrons. The summed E-state index contributed by atoms with van der Waals surface area (Å²) in [7, 11) is 1.69. The van der Waals surface area contributed by atoms with Crippen LogP contribution in [0.25, 0.3) is 0 Å². The number of carbonyl (C=O) groups is 1. The van der Waals surface area contributed by atoms with Crippen LogP contribution in [0.3, 0.4) is 0 Å². The van der Waals surface area contributed by atoms with Crippen LogP contribution in [0.5, 0.6) is 5.75 Å². The highest BCUT2D eigenvalue weighted by Gasteiger charge is 2.07. The van der Waals surface area contributed by atoms with Crippen molar-refractivity contribution in [3.8, 4) is 5.75 Å². The van der Waals surface area contributed by atoms with Gasteiger partial charge in [0.15, 0.2) is 0 Å². The molecule has 0 saturated carbocycles. The van der Waals surface area contributed by atoms with Gasteiger partial charge < -0.3 is 14.7 Å². The third-order valence-electron chi connectivity index (χ3n) is 2.84. The molecule has 0 aliphatic carbocycles. The maximum Gasteiger partial charge on any atom is 0.248 e. The first-order chi connectivity index (χ1) is 8.58. The van der Waals surface area contributed by atoms with Gasteiger partial charge in [-0.15, -0.1) is 0 Å². The lowest BCUT2D eigenvalue weighted by molar-refractivity contribution is -0.132. The normalized spacial score (nSPS) is 10.2. The molecule has 0 saturated heterocycles. The van der Waals surface area contributed by atoms with E-state index in [-0.39, 0.29) is 5.91 Å². The lowest BCUT2D eigenvalue weighted by Gasteiger charge is -2.16. The van der Waals surface area contributed by atoms with Crippen LogP contribution in [-0.2, 0) is 11.2 Å². The number of aliphatic hydroxyl groups is 1. The highest BCUT2D eigenvalue weighted by molar-refractivity contribution is 5.76. The Kier molecular flexibility index (Phi) is 5.65. The first-order valence-corrected chi connectivity index (χ1v) is 6.15. The number of likely N-dealkylation sites (N-methyl/N-ethyl adjacent to an activating group) is 1. The van der Waals surface area contributed by atoms with Crippen molar-refractivity contribution in [3.63, 3.8) is 0 Å². The minimum absolute atomic E-state index is 0.252. The first kappa shape index (κ1) is 14.5. The first-order valence-electron chi connectivity index (χ1n) is 6.15. The van der Waals surface area contributed by atoms with Crippen molar-refractivity contribution in [1.82, 2.24) is 4.90 Å². The molecule has 100 valence electrons. The molecule has 4 heteroatoms. The molecule has 0 heterocycles. The van der Waals surface area contributed by atoms with Gasteiger partial charge in [-0.2, -0.15) is 0 Å². The highest BCUT2D eigenvalue weighted by Crippen LogP contribution is 2.19. The Hall–Kier alpha value is -1.55. The van der Waals surface area contributed by atoms with Crippen molar-refractivity contribution in [3.05, 3.63) is 29.3 Å². The Bertz CT molecular complexity index is 404. The number of nitrogens with zero attached hydrogens (tertiary/aromatic N) is 1. The number of aryl methyl sites for hydroxylation is 1. The summed E-state index contributed by atoms with van der Waals surface area (Å²) in [6, 6.07) is 6.04. The number of amides is 1. The van der Waals surface area contributed by atoms with E-state index >= 15 is 0 Å². The minimum atomic E-state index is -0.432. The van der Waals surface area contributed by atoms with Crippen molar-refractivity contribution in [2.75, 3.05) is 26.8 Å². The van der Waals surface area contributed by atoms with Crippen LogP contribution < -0.4 is 4.74 Å². The van der Waals surface area contributed by atoms with Gasteiger partial charge >= 0.3 is 0 Å². The Morgan fingerprint density at radius 1 is 1.44 bits per heavy atom. The molecular weight excluding hydrogens is 230 g/mol. The van der Waals surface area contributed by atoms with Crippen molar-refractivity contribution < 1.29 is 14.6 Å². The van der Waals surface area contributed by atoms with E-state index < -0.39 is 6.61 Å². The van der Waals surface area contributed by atoms with Crippen molar-refractivity contribution in [1.29, 1.82) is 0 Å². The lowest BCUT2D eigenvalue weighted by atomic mass is 10.1. The van der Waals surface area contributed by atoms with Crippen LogP contribution in [0, 0.1) is 6.92 Å². The summed E-state index contributed by atoms with van der Waals surface area (Å²) < 4.78 is 5.48. The van der Waals surface area contributed by atoms with Crippen molar-refractivity contribution in [2.45, 2.75) is 20.3 Å². The zero-order valence-electron chi connectivity index (χ0n) is 11.3. The quantitative estimate of drug-likeness (QED) is 0.831. The molecule has 0 bridgehead atoms. The minimum Gasteiger partial charge on any atom is -0.494 e. The molecule has 0 aromatic heterocycles. The number of hydrogen-bond donors (Lipinski definition) is 1. The van der Waals surface area contributed by atoms with E-state index in [4.69, 9.17) is 9.84 Å².